The quantitative estimate of drug-likeness (QED) is 0.346. The smallest absolute Gasteiger partial charge is 0.355 e. The molecule has 12 heteroatoms. The summed E-state index contributed by atoms with van der Waals surface area (Å²) in [6.45, 7) is 10.2. The number of pyridine rings is 2. The fourth-order valence-corrected chi connectivity index (χ4v) is 6.01. The number of ether oxygens (including phenoxy) is 1. The molecule has 2 atom stereocenters. The Labute approximate surface area is 252 Å². The van der Waals surface area contributed by atoms with Gasteiger partial charge in [-0.15, -0.1) is 0 Å². The average Bonchev–Trinajstić information content (AvgIpc) is 2.99. The van der Waals surface area contributed by atoms with Crippen LogP contribution in [0.4, 0.5) is 14.6 Å². The second-order valence-corrected chi connectivity index (χ2v) is 11.3. The van der Waals surface area contributed by atoms with Crippen LogP contribution in [0.25, 0.3) is 28.0 Å². The average molecular weight is 603 g/mol. The van der Waals surface area contributed by atoms with Crippen LogP contribution in [0.5, 0.6) is 5.75 Å². The van der Waals surface area contributed by atoms with Crippen LogP contribution in [0.3, 0.4) is 0 Å². The van der Waals surface area contributed by atoms with Gasteiger partial charge in [0, 0.05) is 43.9 Å². The number of carbonyl (C=O) groups is 1. The first-order valence-corrected chi connectivity index (χ1v) is 14.5. The Morgan fingerprint density at radius 1 is 1.18 bits per heavy atom. The van der Waals surface area contributed by atoms with Gasteiger partial charge in [0.25, 0.3) is 0 Å². The molecule has 1 amide bonds. The van der Waals surface area contributed by atoms with Gasteiger partial charge >= 0.3 is 5.69 Å². The summed E-state index contributed by atoms with van der Waals surface area (Å²) in [4.78, 5) is 43.5. The number of amides is 1. The molecule has 0 radical (unpaired) electrons. The number of aliphatic hydroxyl groups excluding tert-OH is 1. The van der Waals surface area contributed by atoms with E-state index in [1.807, 2.05) is 25.7 Å². The first kappa shape index (κ1) is 29.4. The maximum Gasteiger partial charge on any atom is 0.355 e. The lowest BCUT2D eigenvalue weighted by molar-refractivity contribution is -0.126. The molecule has 10 nitrogen and oxygen atoms in total. The molecule has 2 bridgehead atoms. The van der Waals surface area contributed by atoms with E-state index in [1.54, 1.807) is 17.2 Å². The monoisotopic (exact) mass is 602 g/mol. The summed E-state index contributed by atoms with van der Waals surface area (Å²) in [5.74, 6) is -1.74. The van der Waals surface area contributed by atoms with Crippen molar-refractivity contribution in [1.82, 2.24) is 24.4 Å². The maximum absolute atomic E-state index is 16.1. The van der Waals surface area contributed by atoms with Crippen molar-refractivity contribution in [2.75, 3.05) is 31.1 Å². The summed E-state index contributed by atoms with van der Waals surface area (Å²) in [6, 6.07) is 6.67. The molecule has 0 saturated carbocycles. The molecule has 1 saturated heterocycles. The van der Waals surface area contributed by atoms with Crippen LogP contribution in [0.2, 0.25) is 0 Å². The van der Waals surface area contributed by atoms with E-state index in [-0.39, 0.29) is 70.4 Å². The first-order chi connectivity index (χ1) is 21.1. The van der Waals surface area contributed by atoms with E-state index in [9.17, 15) is 14.7 Å². The van der Waals surface area contributed by atoms with Crippen molar-refractivity contribution in [2.24, 2.45) is 0 Å². The van der Waals surface area contributed by atoms with E-state index in [0.717, 1.165) is 0 Å². The third-order valence-electron chi connectivity index (χ3n) is 8.16. The van der Waals surface area contributed by atoms with Gasteiger partial charge in [0.2, 0.25) is 5.91 Å². The summed E-state index contributed by atoms with van der Waals surface area (Å²) in [5, 5.41) is 11.6. The van der Waals surface area contributed by atoms with E-state index in [1.165, 1.54) is 34.9 Å². The number of hydrogen-bond acceptors (Lipinski definition) is 8. The zero-order chi connectivity index (χ0) is 31.3. The Hall–Kier alpha value is -4.71. The maximum atomic E-state index is 16.1. The van der Waals surface area contributed by atoms with Crippen LogP contribution in [-0.2, 0) is 4.79 Å². The number of aromatic nitrogens is 4. The molecule has 6 rings (SSSR count). The predicted molar refractivity (Wildman–Crippen MR) is 161 cm³/mol. The molecule has 228 valence electrons. The van der Waals surface area contributed by atoms with Crippen molar-refractivity contribution >= 4 is 22.8 Å². The number of nitrogens with zero attached hydrogens (tertiary/aromatic N) is 6. The third-order valence-corrected chi connectivity index (χ3v) is 8.16. The Balaban J connectivity index is 1.70. The molecule has 3 aromatic heterocycles. The van der Waals surface area contributed by atoms with Crippen LogP contribution in [-0.4, -0.2) is 67.7 Å². The second-order valence-electron chi connectivity index (χ2n) is 11.3. The molecule has 4 aromatic rings. The minimum absolute atomic E-state index is 0.0164. The van der Waals surface area contributed by atoms with Crippen molar-refractivity contribution in [3.8, 4) is 22.7 Å². The lowest BCUT2D eigenvalue weighted by atomic mass is 9.99. The molecule has 1 unspecified atom stereocenters. The molecule has 2 aliphatic rings. The third kappa shape index (κ3) is 4.88. The minimum Gasteiger partial charge on any atom is -0.493 e. The van der Waals surface area contributed by atoms with Crippen molar-refractivity contribution < 1.29 is 23.4 Å². The van der Waals surface area contributed by atoms with E-state index >= 15 is 8.78 Å². The Kier molecular flexibility index (Phi) is 7.62. The van der Waals surface area contributed by atoms with Gasteiger partial charge in [0.15, 0.2) is 11.5 Å². The van der Waals surface area contributed by atoms with Gasteiger partial charge in [-0.05, 0) is 43.2 Å². The van der Waals surface area contributed by atoms with E-state index in [0.29, 0.717) is 30.9 Å². The molecule has 44 heavy (non-hydrogen) atoms. The standard InChI is InChI=1S/C32H32F2N6O4/c1-5-25(42)38-12-13-39(18(4)16-38)30-20-15-22(34)28-26-21(33)7-6-8-24(26)44-14-10-23(41)19-9-11-35-27(17(2)3)29(19)40(31(20)36-28)32(43)37-30/h5-9,11,15,17-18,23,41H,1,10,12-14,16H2,2-4H3/t18-,23?/m0/s1. The molecule has 1 N–H and O–H groups in total. The van der Waals surface area contributed by atoms with Gasteiger partial charge in [-0.3, -0.25) is 9.78 Å². The number of halogens is 2. The lowest BCUT2D eigenvalue weighted by Crippen LogP contribution is -2.54. The number of anilines is 1. The van der Waals surface area contributed by atoms with E-state index in [2.05, 4.69) is 21.5 Å². The van der Waals surface area contributed by atoms with Crippen molar-refractivity contribution in [3.05, 3.63) is 82.6 Å². The number of aliphatic hydroxyl groups is 1. The molecule has 5 heterocycles. The van der Waals surface area contributed by atoms with Gasteiger partial charge in [-0.25, -0.2) is 23.1 Å². The molecular formula is C32H32F2N6O4. The molecule has 1 fully saturated rings. The summed E-state index contributed by atoms with van der Waals surface area (Å²) in [6.07, 6.45) is 1.83. The highest BCUT2D eigenvalue weighted by atomic mass is 19.1. The Morgan fingerprint density at radius 2 is 1.98 bits per heavy atom. The topological polar surface area (TPSA) is 114 Å². The Bertz CT molecular complexity index is 1860. The van der Waals surface area contributed by atoms with E-state index < -0.39 is 23.4 Å². The van der Waals surface area contributed by atoms with Crippen LogP contribution in [0.15, 0.2) is 54.0 Å². The predicted octanol–water partition coefficient (Wildman–Crippen LogP) is 4.28. The SMILES string of the molecule is C=CC(=O)N1CCN(c2nc(=O)n3c4nc(c(F)cc24)-c2c(F)cccc2OCCC(O)c2ccnc(C(C)C)c2-3)[C@@H](C)C1. The lowest BCUT2D eigenvalue weighted by Gasteiger charge is -2.40. The normalized spacial score (nSPS) is 18.3. The minimum atomic E-state index is -1.08. The second kappa shape index (κ2) is 11.4. The van der Waals surface area contributed by atoms with Gasteiger partial charge in [0.05, 0.1) is 35.0 Å². The fourth-order valence-electron chi connectivity index (χ4n) is 6.01. The van der Waals surface area contributed by atoms with E-state index in [4.69, 9.17) is 4.74 Å². The summed E-state index contributed by atoms with van der Waals surface area (Å²) in [5.41, 5.74) is -0.0312. The number of fused-ring (bicyclic) bond motifs is 5. The zero-order valence-electron chi connectivity index (χ0n) is 24.6. The molecule has 0 spiro atoms. The van der Waals surface area contributed by atoms with Gasteiger partial charge in [-0.2, -0.15) is 4.98 Å². The summed E-state index contributed by atoms with van der Waals surface area (Å²) >= 11 is 0. The van der Waals surface area contributed by atoms with Crippen LogP contribution < -0.4 is 15.3 Å². The highest BCUT2D eigenvalue weighted by molar-refractivity contribution is 5.91. The highest BCUT2D eigenvalue weighted by Crippen LogP contribution is 2.39. The number of rotatable bonds is 3. The molecule has 1 aromatic carbocycles. The molecule has 2 aliphatic heterocycles. The van der Waals surface area contributed by atoms with Gasteiger partial charge in [0.1, 0.15) is 23.1 Å². The summed E-state index contributed by atoms with van der Waals surface area (Å²) < 4.78 is 38.6. The largest absolute Gasteiger partial charge is 0.493 e. The van der Waals surface area contributed by atoms with Crippen molar-refractivity contribution in [2.45, 2.75) is 45.3 Å². The Morgan fingerprint density at radius 3 is 2.70 bits per heavy atom. The van der Waals surface area contributed by atoms with Crippen LogP contribution in [0, 0.1) is 11.6 Å². The van der Waals surface area contributed by atoms with Gasteiger partial charge in [-0.1, -0.05) is 26.5 Å². The first-order valence-electron chi connectivity index (χ1n) is 14.5. The number of piperazine rings is 1. The number of hydrogen-bond donors (Lipinski definition) is 1. The van der Waals surface area contributed by atoms with Crippen molar-refractivity contribution in [3.63, 3.8) is 0 Å². The number of carbonyl (C=O) groups excluding carboxylic acids is 1. The van der Waals surface area contributed by atoms with Gasteiger partial charge < -0.3 is 19.6 Å². The fraction of sp³-hybridized carbons (Fsp3) is 0.344. The molecule has 0 aliphatic carbocycles. The molecular weight excluding hydrogens is 570 g/mol. The van der Waals surface area contributed by atoms with Crippen LogP contribution >= 0.6 is 0 Å². The van der Waals surface area contributed by atoms with Crippen LogP contribution in [0.1, 0.15) is 50.5 Å². The zero-order valence-corrected chi connectivity index (χ0v) is 24.6. The van der Waals surface area contributed by atoms with Crippen molar-refractivity contribution in [1.29, 1.82) is 0 Å². The highest BCUT2D eigenvalue weighted by Gasteiger charge is 2.32. The summed E-state index contributed by atoms with van der Waals surface area (Å²) in [7, 11) is 0. The number of benzene rings is 1.